The van der Waals surface area contributed by atoms with Crippen molar-refractivity contribution in [3.05, 3.63) is 96.7 Å². The molecule has 170 valence electrons. The molecule has 0 spiro atoms. The van der Waals surface area contributed by atoms with Gasteiger partial charge in [-0.2, -0.15) is 0 Å². The molecule has 2 aromatic carbocycles. The van der Waals surface area contributed by atoms with Crippen LogP contribution >= 0.6 is 11.3 Å². The van der Waals surface area contributed by atoms with Gasteiger partial charge in [-0.3, -0.25) is 9.36 Å². The molecule has 6 nitrogen and oxygen atoms in total. The quantitative estimate of drug-likeness (QED) is 0.503. The van der Waals surface area contributed by atoms with Gasteiger partial charge >= 0.3 is 5.97 Å². The van der Waals surface area contributed by atoms with E-state index in [9.17, 15) is 9.59 Å². The summed E-state index contributed by atoms with van der Waals surface area (Å²) in [6.45, 7) is 6.53. The number of fused-ring (bicyclic) bond motifs is 1. The highest BCUT2D eigenvalue weighted by Gasteiger charge is 2.33. The van der Waals surface area contributed by atoms with Gasteiger partial charge in [-0.05, 0) is 49.6 Å². The minimum atomic E-state index is -0.589. The molecule has 1 aromatic heterocycles. The van der Waals surface area contributed by atoms with Gasteiger partial charge in [0.1, 0.15) is 5.75 Å². The van der Waals surface area contributed by atoms with E-state index in [1.807, 2.05) is 60.7 Å². The van der Waals surface area contributed by atoms with Gasteiger partial charge in [-0.1, -0.05) is 60.7 Å². The molecular formula is C26H26N2O4S. The lowest BCUT2D eigenvalue weighted by atomic mass is 9.96. The van der Waals surface area contributed by atoms with Crippen LogP contribution in [-0.4, -0.2) is 23.8 Å². The van der Waals surface area contributed by atoms with Crippen LogP contribution in [0.5, 0.6) is 5.75 Å². The Bertz CT molecular complexity index is 1350. The number of thiazole rings is 1. The third-order valence-electron chi connectivity index (χ3n) is 5.28. The molecule has 1 aliphatic rings. The van der Waals surface area contributed by atoms with Gasteiger partial charge in [0.05, 0.1) is 35.1 Å². The average Bonchev–Trinajstić information content (AvgIpc) is 3.12. The SMILES string of the molecule is CCCOc1ccc(/C=c2/sc3n(c2=O)C(c2ccccc2)C(C(=O)OCC)=C(C)N=3)cc1. The summed E-state index contributed by atoms with van der Waals surface area (Å²) in [6, 6.07) is 16.6. The Balaban J connectivity index is 1.83. The monoisotopic (exact) mass is 462 g/mol. The number of allylic oxidation sites excluding steroid dienone is 1. The van der Waals surface area contributed by atoms with Gasteiger partial charge in [0.25, 0.3) is 5.56 Å². The Morgan fingerprint density at radius 3 is 2.52 bits per heavy atom. The van der Waals surface area contributed by atoms with Crippen molar-refractivity contribution in [2.75, 3.05) is 13.2 Å². The number of carbonyl (C=O) groups excluding carboxylic acids is 1. The van der Waals surface area contributed by atoms with Gasteiger partial charge in [-0.15, -0.1) is 0 Å². The van der Waals surface area contributed by atoms with Crippen molar-refractivity contribution in [3.63, 3.8) is 0 Å². The number of hydrogen-bond acceptors (Lipinski definition) is 6. The summed E-state index contributed by atoms with van der Waals surface area (Å²) < 4.78 is 13.1. The summed E-state index contributed by atoms with van der Waals surface area (Å²) in [6.07, 6.45) is 2.79. The van der Waals surface area contributed by atoms with Crippen LogP contribution in [0.2, 0.25) is 0 Å². The van der Waals surface area contributed by atoms with Crippen LogP contribution in [0.25, 0.3) is 6.08 Å². The molecule has 0 bridgehead atoms. The maximum atomic E-state index is 13.5. The normalized spacial score (nSPS) is 15.7. The highest BCUT2D eigenvalue weighted by atomic mass is 32.1. The van der Waals surface area contributed by atoms with Crippen LogP contribution in [0.1, 0.15) is 44.4 Å². The van der Waals surface area contributed by atoms with E-state index in [2.05, 4.69) is 11.9 Å². The topological polar surface area (TPSA) is 69.9 Å². The summed E-state index contributed by atoms with van der Waals surface area (Å²) in [7, 11) is 0. The van der Waals surface area contributed by atoms with Crippen molar-refractivity contribution in [3.8, 4) is 5.75 Å². The Morgan fingerprint density at radius 2 is 1.85 bits per heavy atom. The first kappa shape index (κ1) is 22.7. The first-order valence-corrected chi connectivity index (χ1v) is 11.8. The Morgan fingerprint density at radius 1 is 1.12 bits per heavy atom. The zero-order chi connectivity index (χ0) is 23.4. The number of aromatic nitrogens is 1. The molecule has 0 amide bonds. The van der Waals surface area contributed by atoms with E-state index in [1.165, 1.54) is 11.3 Å². The molecule has 33 heavy (non-hydrogen) atoms. The second kappa shape index (κ2) is 10.0. The molecule has 0 fully saturated rings. The molecule has 0 saturated heterocycles. The lowest BCUT2D eigenvalue weighted by Gasteiger charge is -2.24. The highest BCUT2D eigenvalue weighted by molar-refractivity contribution is 7.07. The Kier molecular flexibility index (Phi) is 6.89. The number of nitrogens with zero attached hydrogens (tertiary/aromatic N) is 2. The fraction of sp³-hybridized carbons (Fsp3) is 0.269. The fourth-order valence-corrected chi connectivity index (χ4v) is 4.82. The minimum absolute atomic E-state index is 0.187. The molecular weight excluding hydrogens is 436 g/mol. The van der Waals surface area contributed by atoms with Crippen LogP contribution in [-0.2, 0) is 9.53 Å². The fourth-order valence-electron chi connectivity index (χ4n) is 3.77. The van der Waals surface area contributed by atoms with E-state index in [4.69, 9.17) is 9.47 Å². The predicted octanol–water partition coefficient (Wildman–Crippen LogP) is 3.59. The zero-order valence-electron chi connectivity index (χ0n) is 18.9. The largest absolute Gasteiger partial charge is 0.494 e. The van der Waals surface area contributed by atoms with Crippen molar-refractivity contribution in [1.29, 1.82) is 0 Å². The molecule has 0 radical (unpaired) electrons. The maximum absolute atomic E-state index is 13.5. The van der Waals surface area contributed by atoms with E-state index in [0.717, 1.165) is 23.3 Å². The third-order valence-corrected chi connectivity index (χ3v) is 6.27. The molecule has 0 aliphatic carbocycles. The average molecular weight is 463 g/mol. The van der Waals surface area contributed by atoms with E-state index in [0.29, 0.717) is 27.2 Å². The van der Waals surface area contributed by atoms with E-state index >= 15 is 0 Å². The van der Waals surface area contributed by atoms with Crippen molar-refractivity contribution in [2.24, 2.45) is 4.99 Å². The van der Waals surface area contributed by atoms with Crippen LogP contribution < -0.4 is 19.6 Å². The molecule has 1 atom stereocenters. The van der Waals surface area contributed by atoms with Crippen molar-refractivity contribution >= 4 is 23.4 Å². The zero-order valence-corrected chi connectivity index (χ0v) is 19.7. The van der Waals surface area contributed by atoms with E-state index in [1.54, 1.807) is 18.4 Å². The second-order valence-electron chi connectivity index (χ2n) is 7.63. The lowest BCUT2D eigenvalue weighted by Crippen LogP contribution is -2.39. The van der Waals surface area contributed by atoms with Crippen LogP contribution in [0, 0.1) is 0 Å². The molecule has 0 N–H and O–H groups in total. The number of esters is 1. The smallest absolute Gasteiger partial charge is 0.338 e. The first-order chi connectivity index (χ1) is 16.0. The first-order valence-electron chi connectivity index (χ1n) is 11.0. The summed E-state index contributed by atoms with van der Waals surface area (Å²) in [5, 5.41) is 0. The number of ether oxygens (including phenoxy) is 2. The van der Waals surface area contributed by atoms with Crippen molar-refractivity contribution in [1.82, 2.24) is 4.57 Å². The van der Waals surface area contributed by atoms with Crippen LogP contribution in [0.3, 0.4) is 0 Å². The molecule has 7 heteroatoms. The molecule has 3 aromatic rings. The van der Waals surface area contributed by atoms with E-state index in [-0.39, 0.29) is 12.2 Å². The maximum Gasteiger partial charge on any atom is 0.338 e. The van der Waals surface area contributed by atoms with Crippen molar-refractivity contribution < 1.29 is 14.3 Å². The van der Waals surface area contributed by atoms with Gasteiger partial charge in [0.2, 0.25) is 0 Å². The number of hydrogen-bond donors (Lipinski definition) is 0. The highest BCUT2D eigenvalue weighted by Crippen LogP contribution is 2.30. The number of rotatable bonds is 7. The molecule has 1 aliphatic heterocycles. The molecule has 4 rings (SSSR count). The van der Waals surface area contributed by atoms with Crippen LogP contribution in [0.4, 0.5) is 0 Å². The molecule has 2 heterocycles. The molecule has 1 unspecified atom stereocenters. The van der Waals surface area contributed by atoms with E-state index < -0.39 is 12.0 Å². The predicted molar refractivity (Wildman–Crippen MR) is 129 cm³/mol. The van der Waals surface area contributed by atoms with Crippen LogP contribution in [0.15, 0.2) is 75.7 Å². The molecule has 0 saturated carbocycles. The summed E-state index contributed by atoms with van der Waals surface area (Å²) in [4.78, 5) is 31.5. The standard InChI is InChI=1S/C26H26N2O4S/c1-4-15-32-20-13-11-18(12-14-20)16-21-24(29)28-23(19-9-7-6-8-10-19)22(25(30)31-5-2)17(3)27-26(28)33-21/h6-14,16,23H,4-5,15H2,1-3H3/b21-16+. The summed E-state index contributed by atoms with van der Waals surface area (Å²) in [5.74, 6) is 0.346. The third kappa shape index (κ3) is 4.68. The number of benzene rings is 2. The van der Waals surface area contributed by atoms with Gasteiger partial charge < -0.3 is 9.47 Å². The van der Waals surface area contributed by atoms with Gasteiger partial charge in [0.15, 0.2) is 4.80 Å². The summed E-state index contributed by atoms with van der Waals surface area (Å²) >= 11 is 1.31. The lowest BCUT2D eigenvalue weighted by molar-refractivity contribution is -0.139. The minimum Gasteiger partial charge on any atom is -0.494 e. The van der Waals surface area contributed by atoms with Crippen molar-refractivity contribution in [2.45, 2.75) is 33.2 Å². The second-order valence-corrected chi connectivity index (χ2v) is 8.64. The Labute approximate surface area is 196 Å². The Hall–Kier alpha value is -3.45. The summed E-state index contributed by atoms with van der Waals surface area (Å²) in [5.41, 5.74) is 2.49. The van der Waals surface area contributed by atoms with Gasteiger partial charge in [0, 0.05) is 0 Å². The number of carbonyl (C=O) groups is 1. The van der Waals surface area contributed by atoms with Gasteiger partial charge in [-0.25, -0.2) is 9.79 Å².